The van der Waals surface area contributed by atoms with Crippen molar-refractivity contribution in [1.29, 1.82) is 0 Å². The molecule has 150 valence electrons. The molecule has 3 rings (SSSR count). The van der Waals surface area contributed by atoms with E-state index in [2.05, 4.69) is 4.72 Å². The van der Waals surface area contributed by atoms with Crippen molar-refractivity contribution in [1.82, 2.24) is 0 Å². The molecule has 0 spiro atoms. The van der Waals surface area contributed by atoms with Gasteiger partial charge in [-0.1, -0.05) is 20.8 Å². The molecule has 0 aliphatic carbocycles. The van der Waals surface area contributed by atoms with Gasteiger partial charge in [0, 0.05) is 23.3 Å². The summed E-state index contributed by atoms with van der Waals surface area (Å²) in [7, 11) is -2.17. The molecule has 1 aliphatic heterocycles. The van der Waals surface area contributed by atoms with Crippen LogP contribution in [0.5, 0.6) is 5.75 Å². The Morgan fingerprint density at radius 1 is 1.14 bits per heavy atom. The fourth-order valence-electron chi connectivity index (χ4n) is 3.31. The van der Waals surface area contributed by atoms with Gasteiger partial charge in [0.25, 0.3) is 10.0 Å². The van der Waals surface area contributed by atoms with Gasteiger partial charge in [0.1, 0.15) is 5.75 Å². The van der Waals surface area contributed by atoms with Crippen molar-refractivity contribution in [3.05, 3.63) is 47.5 Å². The highest BCUT2D eigenvalue weighted by molar-refractivity contribution is 7.92. The summed E-state index contributed by atoms with van der Waals surface area (Å²) in [6.07, 6.45) is 0.703. The molecule has 0 atom stereocenters. The average molecular weight is 403 g/mol. The van der Waals surface area contributed by atoms with Crippen LogP contribution >= 0.6 is 0 Å². The van der Waals surface area contributed by atoms with Gasteiger partial charge in [-0.05, 0) is 60.9 Å². The first-order chi connectivity index (χ1) is 13.0. The molecule has 0 aromatic heterocycles. The van der Waals surface area contributed by atoms with Crippen LogP contribution in [0.25, 0.3) is 0 Å². The van der Waals surface area contributed by atoms with Gasteiger partial charge < -0.3 is 9.64 Å². The number of nitrogens with zero attached hydrogens (tertiary/aromatic N) is 1. The topological polar surface area (TPSA) is 75.7 Å². The van der Waals surface area contributed by atoms with Crippen LogP contribution in [0, 0.1) is 12.3 Å². The second kappa shape index (κ2) is 7.13. The zero-order chi connectivity index (χ0) is 20.7. The van der Waals surface area contributed by atoms with Crippen LogP contribution in [0.2, 0.25) is 0 Å². The van der Waals surface area contributed by atoms with Crippen LogP contribution in [-0.2, 0) is 21.2 Å². The summed E-state index contributed by atoms with van der Waals surface area (Å²) < 4.78 is 33.3. The molecular formula is C21H26N2O4S. The summed E-state index contributed by atoms with van der Waals surface area (Å²) in [5, 5.41) is 0. The third kappa shape index (κ3) is 3.85. The molecule has 0 fully saturated rings. The number of anilines is 2. The second-order valence-corrected chi connectivity index (χ2v) is 9.72. The van der Waals surface area contributed by atoms with Gasteiger partial charge in [-0.2, -0.15) is 0 Å². The lowest BCUT2D eigenvalue weighted by Crippen LogP contribution is -2.38. The molecule has 7 heteroatoms. The van der Waals surface area contributed by atoms with E-state index in [1.54, 1.807) is 43.2 Å². The third-order valence-corrected chi connectivity index (χ3v) is 6.17. The smallest absolute Gasteiger partial charge is 0.261 e. The summed E-state index contributed by atoms with van der Waals surface area (Å²) in [4.78, 5) is 14.6. The maximum atomic E-state index is 12.7. The van der Waals surface area contributed by atoms with Crippen LogP contribution in [0.15, 0.2) is 41.3 Å². The van der Waals surface area contributed by atoms with E-state index in [4.69, 9.17) is 4.74 Å². The Morgan fingerprint density at radius 3 is 2.46 bits per heavy atom. The van der Waals surface area contributed by atoms with Gasteiger partial charge in [-0.3, -0.25) is 9.52 Å². The molecular weight excluding hydrogens is 376 g/mol. The van der Waals surface area contributed by atoms with E-state index in [-0.39, 0.29) is 10.8 Å². The number of carbonyl (C=O) groups is 1. The summed E-state index contributed by atoms with van der Waals surface area (Å²) in [5.41, 5.74) is 2.58. The minimum atomic E-state index is -3.72. The minimum absolute atomic E-state index is 0.0632. The van der Waals surface area contributed by atoms with Crippen molar-refractivity contribution >= 4 is 27.3 Å². The number of methoxy groups -OCH3 is 1. The van der Waals surface area contributed by atoms with Crippen molar-refractivity contribution in [2.45, 2.75) is 39.0 Å². The van der Waals surface area contributed by atoms with E-state index in [1.807, 2.05) is 26.8 Å². The summed E-state index contributed by atoms with van der Waals surface area (Å²) in [5.74, 6) is 0.702. The predicted octanol–water partition coefficient (Wildman–Crippen LogP) is 3.74. The third-order valence-electron chi connectivity index (χ3n) is 4.79. The highest BCUT2D eigenvalue weighted by atomic mass is 32.2. The molecule has 0 saturated heterocycles. The number of benzene rings is 2. The molecule has 0 radical (unpaired) electrons. The standard InChI is InChI=1S/C21H26N2O4S/c1-14-12-17(7-9-19(14)27-5)28(25,26)22-16-6-8-18-15(13-16)10-11-23(18)20(24)21(2,3)4/h6-9,12-13,22H,10-11H2,1-5H3. The molecule has 2 aromatic carbocycles. The molecule has 0 unspecified atom stereocenters. The van der Waals surface area contributed by atoms with Crippen LogP contribution in [0.3, 0.4) is 0 Å². The van der Waals surface area contributed by atoms with Crippen LogP contribution < -0.4 is 14.4 Å². The largest absolute Gasteiger partial charge is 0.496 e. The maximum Gasteiger partial charge on any atom is 0.261 e. The van der Waals surface area contributed by atoms with Gasteiger partial charge in [-0.15, -0.1) is 0 Å². The number of hydrogen-bond acceptors (Lipinski definition) is 4. The normalized spacial score (nSPS) is 14.0. The molecule has 1 heterocycles. The lowest BCUT2D eigenvalue weighted by Gasteiger charge is -2.26. The Kier molecular flexibility index (Phi) is 5.14. The van der Waals surface area contributed by atoms with Gasteiger partial charge in [0.2, 0.25) is 5.91 Å². The van der Waals surface area contributed by atoms with E-state index in [9.17, 15) is 13.2 Å². The molecule has 6 nitrogen and oxygen atoms in total. The summed E-state index contributed by atoms with van der Waals surface area (Å²) in [6.45, 7) is 8.10. The van der Waals surface area contributed by atoms with Crippen molar-refractivity contribution in [2.24, 2.45) is 5.41 Å². The Hall–Kier alpha value is -2.54. The lowest BCUT2D eigenvalue weighted by molar-refractivity contribution is -0.125. The molecule has 1 aliphatic rings. The molecule has 0 saturated carbocycles. The first-order valence-electron chi connectivity index (χ1n) is 9.15. The van der Waals surface area contributed by atoms with Crippen molar-refractivity contribution in [3.63, 3.8) is 0 Å². The second-order valence-electron chi connectivity index (χ2n) is 8.04. The van der Waals surface area contributed by atoms with E-state index in [0.29, 0.717) is 24.4 Å². The number of carbonyl (C=O) groups excluding carboxylic acids is 1. The molecule has 1 N–H and O–H groups in total. The fraction of sp³-hybridized carbons (Fsp3) is 0.381. The Bertz CT molecular complexity index is 1020. The zero-order valence-electron chi connectivity index (χ0n) is 16.9. The minimum Gasteiger partial charge on any atom is -0.496 e. The highest BCUT2D eigenvalue weighted by Crippen LogP contribution is 2.34. The van der Waals surface area contributed by atoms with Crippen molar-refractivity contribution in [3.8, 4) is 5.75 Å². The highest BCUT2D eigenvalue weighted by Gasteiger charge is 2.32. The SMILES string of the molecule is COc1ccc(S(=O)(=O)Nc2ccc3c(c2)CCN3C(=O)C(C)(C)C)cc1C. The van der Waals surface area contributed by atoms with Crippen LogP contribution in [0.4, 0.5) is 11.4 Å². The molecule has 28 heavy (non-hydrogen) atoms. The van der Waals surface area contributed by atoms with Crippen molar-refractivity contribution < 1.29 is 17.9 Å². The Labute approximate surface area is 166 Å². The number of hydrogen-bond donors (Lipinski definition) is 1. The van der Waals surface area contributed by atoms with E-state index >= 15 is 0 Å². The van der Waals surface area contributed by atoms with Gasteiger partial charge >= 0.3 is 0 Å². The first-order valence-corrected chi connectivity index (χ1v) is 10.6. The van der Waals surface area contributed by atoms with Gasteiger partial charge in [0.05, 0.1) is 12.0 Å². The Balaban J connectivity index is 1.85. The summed E-state index contributed by atoms with van der Waals surface area (Å²) in [6, 6.07) is 10.1. The fourth-order valence-corrected chi connectivity index (χ4v) is 4.45. The van der Waals surface area contributed by atoms with E-state index in [0.717, 1.165) is 16.8 Å². The quantitative estimate of drug-likeness (QED) is 0.845. The monoisotopic (exact) mass is 402 g/mol. The Morgan fingerprint density at radius 2 is 1.86 bits per heavy atom. The summed E-state index contributed by atoms with van der Waals surface area (Å²) >= 11 is 0. The predicted molar refractivity (Wildman–Crippen MR) is 110 cm³/mol. The number of ether oxygens (including phenoxy) is 1. The average Bonchev–Trinajstić information content (AvgIpc) is 3.02. The number of rotatable bonds is 4. The molecule has 0 bridgehead atoms. The van der Waals surface area contributed by atoms with Crippen molar-refractivity contribution in [2.75, 3.05) is 23.3 Å². The molecule has 1 amide bonds. The number of aryl methyl sites for hydroxylation is 1. The van der Waals surface area contributed by atoms with Gasteiger partial charge in [-0.25, -0.2) is 8.42 Å². The zero-order valence-corrected chi connectivity index (χ0v) is 17.7. The first kappa shape index (κ1) is 20.2. The number of amides is 1. The van der Waals surface area contributed by atoms with E-state index < -0.39 is 15.4 Å². The van der Waals surface area contributed by atoms with Gasteiger partial charge in [0.15, 0.2) is 0 Å². The number of fused-ring (bicyclic) bond motifs is 1. The number of sulfonamides is 1. The lowest BCUT2D eigenvalue weighted by atomic mass is 9.94. The van der Waals surface area contributed by atoms with Crippen LogP contribution in [0.1, 0.15) is 31.9 Å². The molecule has 2 aromatic rings. The van der Waals surface area contributed by atoms with E-state index in [1.165, 1.54) is 6.07 Å². The number of nitrogens with one attached hydrogen (secondary N) is 1. The maximum absolute atomic E-state index is 12.7. The van der Waals surface area contributed by atoms with Crippen LogP contribution in [-0.4, -0.2) is 28.0 Å².